The molecule has 2 aromatic carbocycles. The van der Waals surface area contributed by atoms with Crippen LogP contribution < -0.4 is 4.74 Å². The van der Waals surface area contributed by atoms with Gasteiger partial charge >= 0.3 is 6.61 Å². The zero-order chi connectivity index (χ0) is 22.2. The fourth-order valence-corrected chi connectivity index (χ4v) is 3.59. The second-order valence-corrected chi connectivity index (χ2v) is 6.94. The quantitative estimate of drug-likeness (QED) is 0.346. The first kappa shape index (κ1) is 19.8. The zero-order valence-corrected chi connectivity index (χ0v) is 16.3. The number of halogens is 4. The van der Waals surface area contributed by atoms with Gasteiger partial charge < -0.3 is 4.74 Å². The van der Waals surface area contributed by atoms with Gasteiger partial charge in [-0.15, -0.1) is 0 Å². The summed E-state index contributed by atoms with van der Waals surface area (Å²) in [6.45, 7) is -2.90. The van der Waals surface area contributed by atoms with Crippen molar-refractivity contribution >= 4 is 5.65 Å². The number of nitrogens with zero attached hydrogens (tertiary/aromatic N) is 3. The van der Waals surface area contributed by atoms with Gasteiger partial charge in [-0.2, -0.15) is 13.9 Å². The van der Waals surface area contributed by atoms with Crippen LogP contribution in [0.25, 0.3) is 39.3 Å². The molecular formula is C23H14F4N4O. The molecule has 0 spiro atoms. The lowest BCUT2D eigenvalue weighted by Crippen LogP contribution is -2.01. The molecule has 160 valence electrons. The molecule has 0 atom stereocenters. The van der Waals surface area contributed by atoms with Gasteiger partial charge in [0.15, 0.2) is 0 Å². The molecule has 5 nitrogen and oxygen atoms in total. The third-order valence-corrected chi connectivity index (χ3v) is 5.03. The number of hydrogen-bond donors (Lipinski definition) is 1. The fraction of sp³-hybridized carbons (Fsp3) is 0.0435. The number of pyridine rings is 1. The van der Waals surface area contributed by atoms with E-state index in [1.165, 1.54) is 30.3 Å². The highest BCUT2D eigenvalue weighted by molar-refractivity contribution is 5.81. The van der Waals surface area contributed by atoms with Gasteiger partial charge in [0, 0.05) is 29.1 Å². The molecule has 0 saturated heterocycles. The summed E-state index contributed by atoms with van der Waals surface area (Å²) in [4.78, 5) is 4.37. The summed E-state index contributed by atoms with van der Waals surface area (Å²) in [5.41, 5.74) is 3.16. The van der Waals surface area contributed by atoms with Crippen molar-refractivity contribution in [1.29, 1.82) is 0 Å². The molecule has 9 heteroatoms. The molecule has 1 N–H and O–H groups in total. The topological polar surface area (TPSA) is 55.2 Å². The van der Waals surface area contributed by atoms with Crippen LogP contribution >= 0.6 is 0 Å². The minimum atomic E-state index is -2.90. The maximum absolute atomic E-state index is 14.3. The predicted octanol–water partition coefficient (Wildman–Crippen LogP) is 5.94. The van der Waals surface area contributed by atoms with Gasteiger partial charge in [-0.25, -0.2) is 13.8 Å². The van der Waals surface area contributed by atoms with Crippen LogP contribution in [0.1, 0.15) is 0 Å². The molecule has 0 saturated carbocycles. The van der Waals surface area contributed by atoms with Crippen molar-refractivity contribution in [3.05, 3.63) is 84.8 Å². The minimum Gasteiger partial charge on any atom is -0.435 e. The van der Waals surface area contributed by atoms with Gasteiger partial charge in [0.1, 0.15) is 28.7 Å². The average molecular weight is 438 g/mol. The average Bonchev–Trinajstić information content (AvgIpc) is 3.41. The number of H-pyrrole nitrogens is 1. The van der Waals surface area contributed by atoms with Gasteiger partial charge in [-0.3, -0.25) is 9.50 Å². The number of ether oxygens (including phenoxy) is 1. The van der Waals surface area contributed by atoms with Crippen molar-refractivity contribution in [2.24, 2.45) is 0 Å². The second-order valence-electron chi connectivity index (χ2n) is 6.94. The molecule has 5 aromatic rings. The summed E-state index contributed by atoms with van der Waals surface area (Å²) in [6, 6.07) is 13.4. The lowest BCUT2D eigenvalue weighted by molar-refractivity contribution is -0.0498. The minimum absolute atomic E-state index is 0.0493. The van der Waals surface area contributed by atoms with Gasteiger partial charge in [0.25, 0.3) is 0 Å². The lowest BCUT2D eigenvalue weighted by atomic mass is 10.0. The molecule has 0 aliphatic heterocycles. The van der Waals surface area contributed by atoms with Crippen LogP contribution in [-0.2, 0) is 0 Å². The molecule has 0 amide bonds. The molecule has 32 heavy (non-hydrogen) atoms. The van der Waals surface area contributed by atoms with E-state index in [2.05, 4.69) is 19.9 Å². The van der Waals surface area contributed by atoms with Gasteiger partial charge in [-0.1, -0.05) is 6.07 Å². The molecule has 3 aromatic heterocycles. The Kier molecular flexibility index (Phi) is 4.85. The highest BCUT2D eigenvalue weighted by Crippen LogP contribution is 2.34. The van der Waals surface area contributed by atoms with Crippen molar-refractivity contribution in [2.75, 3.05) is 0 Å². The second kappa shape index (κ2) is 7.84. The summed E-state index contributed by atoms with van der Waals surface area (Å²) in [6.07, 6.45) is 4.98. The predicted molar refractivity (Wildman–Crippen MR) is 110 cm³/mol. The standard InChI is InChI=1S/C23H14F4N4O/c24-17-2-1-3-18(25)21(17)22-16(10-29-30-22)14-6-9-20-28-11-19(31(20)12-14)13-4-7-15(8-5-13)32-23(26)27/h1-12,23H,(H,29,30). The van der Waals surface area contributed by atoms with E-state index in [0.717, 1.165) is 5.56 Å². The summed E-state index contributed by atoms with van der Waals surface area (Å²) in [5.74, 6) is -1.38. The van der Waals surface area contributed by atoms with Crippen molar-refractivity contribution < 1.29 is 22.3 Å². The summed E-state index contributed by atoms with van der Waals surface area (Å²) in [7, 11) is 0. The number of fused-ring (bicyclic) bond motifs is 1. The SMILES string of the molecule is Fc1cccc(F)c1-c1n[nH]cc1-c1ccc2ncc(-c3ccc(OC(F)F)cc3)n2c1. The van der Waals surface area contributed by atoms with Gasteiger partial charge in [-0.05, 0) is 48.5 Å². The normalized spacial score (nSPS) is 11.4. The zero-order valence-electron chi connectivity index (χ0n) is 16.3. The Labute approximate surface area is 178 Å². The van der Waals surface area contributed by atoms with E-state index in [1.54, 1.807) is 47.3 Å². The molecule has 5 rings (SSSR count). The Hall–Kier alpha value is -4.14. The Morgan fingerprint density at radius 2 is 1.62 bits per heavy atom. The molecule has 3 heterocycles. The van der Waals surface area contributed by atoms with E-state index in [1.807, 2.05) is 0 Å². The third kappa shape index (κ3) is 3.47. The van der Waals surface area contributed by atoms with E-state index in [9.17, 15) is 17.6 Å². The lowest BCUT2D eigenvalue weighted by Gasteiger charge is -2.08. The largest absolute Gasteiger partial charge is 0.435 e. The summed E-state index contributed by atoms with van der Waals surface area (Å²) in [5, 5.41) is 6.74. The number of nitrogens with one attached hydrogen (secondary N) is 1. The molecule has 0 fully saturated rings. The van der Waals surface area contributed by atoms with Crippen LogP contribution in [0.2, 0.25) is 0 Å². The summed E-state index contributed by atoms with van der Waals surface area (Å²) < 4.78 is 59.7. The van der Waals surface area contributed by atoms with Crippen molar-refractivity contribution in [2.45, 2.75) is 6.61 Å². The maximum Gasteiger partial charge on any atom is 0.387 e. The maximum atomic E-state index is 14.3. The van der Waals surface area contributed by atoms with Crippen LogP contribution in [0, 0.1) is 11.6 Å². The number of rotatable bonds is 5. The number of hydrogen-bond acceptors (Lipinski definition) is 3. The first-order valence-corrected chi connectivity index (χ1v) is 9.52. The van der Waals surface area contributed by atoms with E-state index in [0.29, 0.717) is 22.5 Å². The summed E-state index contributed by atoms with van der Waals surface area (Å²) >= 11 is 0. The highest BCUT2D eigenvalue weighted by atomic mass is 19.3. The van der Waals surface area contributed by atoms with Crippen LogP contribution in [-0.4, -0.2) is 26.2 Å². The van der Waals surface area contributed by atoms with Gasteiger partial charge in [0.2, 0.25) is 0 Å². The van der Waals surface area contributed by atoms with Crippen LogP contribution in [0.3, 0.4) is 0 Å². The molecular weight excluding hydrogens is 424 g/mol. The molecule has 0 aliphatic rings. The number of alkyl halides is 2. The van der Waals surface area contributed by atoms with Crippen LogP contribution in [0.15, 0.2) is 73.2 Å². The van der Waals surface area contributed by atoms with Crippen LogP contribution in [0.4, 0.5) is 17.6 Å². The first-order valence-electron chi connectivity index (χ1n) is 9.52. The smallest absolute Gasteiger partial charge is 0.387 e. The number of benzene rings is 2. The Morgan fingerprint density at radius 1 is 0.906 bits per heavy atom. The highest BCUT2D eigenvalue weighted by Gasteiger charge is 2.19. The van der Waals surface area contributed by atoms with E-state index in [4.69, 9.17) is 0 Å². The third-order valence-electron chi connectivity index (χ3n) is 5.03. The first-order chi connectivity index (χ1) is 15.5. The van der Waals surface area contributed by atoms with Crippen molar-refractivity contribution in [1.82, 2.24) is 19.6 Å². The van der Waals surface area contributed by atoms with E-state index >= 15 is 0 Å². The molecule has 0 unspecified atom stereocenters. The van der Waals surface area contributed by atoms with Crippen molar-refractivity contribution in [3.8, 4) is 39.4 Å². The molecule has 0 aliphatic carbocycles. The van der Waals surface area contributed by atoms with Gasteiger partial charge in [0.05, 0.1) is 17.5 Å². The van der Waals surface area contributed by atoms with Crippen molar-refractivity contribution in [3.63, 3.8) is 0 Å². The van der Waals surface area contributed by atoms with Crippen LogP contribution in [0.5, 0.6) is 5.75 Å². The van der Waals surface area contributed by atoms with E-state index in [-0.39, 0.29) is 17.0 Å². The number of aromatic nitrogens is 4. The number of imidazole rings is 1. The molecule has 0 radical (unpaired) electrons. The Morgan fingerprint density at radius 3 is 2.34 bits per heavy atom. The monoisotopic (exact) mass is 438 g/mol. The Balaban J connectivity index is 1.58. The number of aromatic amines is 1. The molecule has 0 bridgehead atoms. The Bertz CT molecular complexity index is 1390. The fourth-order valence-electron chi connectivity index (χ4n) is 3.59. The van der Waals surface area contributed by atoms with E-state index < -0.39 is 18.2 Å².